The van der Waals surface area contributed by atoms with Gasteiger partial charge in [0.25, 0.3) is 0 Å². The van der Waals surface area contributed by atoms with Gasteiger partial charge in [0.05, 0.1) is 19.8 Å². The largest absolute Gasteiger partial charge is 0.453 e. The van der Waals surface area contributed by atoms with Crippen molar-refractivity contribution >= 4 is 12.1 Å². The summed E-state index contributed by atoms with van der Waals surface area (Å²) in [5, 5.41) is 9.12. The van der Waals surface area contributed by atoms with Gasteiger partial charge in [0.2, 0.25) is 0 Å². The number of carbonyl (C=O) groups is 2. The number of alkyl carbamates (subject to hydrolysis) is 1. The Morgan fingerprint density at radius 2 is 1.97 bits per heavy atom. The molecule has 3 atom stereocenters. The van der Waals surface area contributed by atoms with Crippen molar-refractivity contribution in [1.29, 1.82) is 0 Å². The summed E-state index contributed by atoms with van der Waals surface area (Å²) in [6, 6.07) is 6.49. The molecule has 1 unspecified atom stereocenters. The Labute approximate surface area is 214 Å². The summed E-state index contributed by atoms with van der Waals surface area (Å²) in [5.74, 6) is 0.373. The van der Waals surface area contributed by atoms with Crippen molar-refractivity contribution in [1.82, 2.24) is 20.9 Å². The number of urea groups is 1. The van der Waals surface area contributed by atoms with Crippen molar-refractivity contribution in [2.24, 2.45) is 11.8 Å². The number of methoxy groups -OCH3 is 1. The maximum absolute atomic E-state index is 14.0. The average molecular weight is 507 g/mol. The first-order chi connectivity index (χ1) is 17.5. The van der Waals surface area contributed by atoms with Crippen LogP contribution in [0.3, 0.4) is 0 Å². The van der Waals surface area contributed by atoms with Crippen LogP contribution in [0.1, 0.15) is 63.0 Å². The molecule has 0 spiro atoms. The molecule has 8 nitrogen and oxygen atoms in total. The number of carbonyl (C=O) groups excluding carboxylic acids is 2. The van der Waals surface area contributed by atoms with Gasteiger partial charge in [-0.2, -0.15) is 0 Å². The fourth-order valence-corrected chi connectivity index (χ4v) is 5.57. The predicted octanol–water partition coefficient (Wildman–Crippen LogP) is 4.22. The molecule has 3 rings (SSSR count). The summed E-state index contributed by atoms with van der Waals surface area (Å²) in [6.45, 7) is 2.51. The van der Waals surface area contributed by atoms with E-state index in [9.17, 15) is 14.0 Å². The topological polar surface area (TPSA) is 91.9 Å². The van der Waals surface area contributed by atoms with Gasteiger partial charge in [0.1, 0.15) is 5.82 Å². The maximum atomic E-state index is 14.0. The monoisotopic (exact) mass is 506 g/mol. The Morgan fingerprint density at radius 1 is 1.17 bits per heavy atom. The first kappa shape index (κ1) is 28.2. The predicted molar refractivity (Wildman–Crippen MR) is 137 cm³/mol. The van der Waals surface area contributed by atoms with Gasteiger partial charge in [0.15, 0.2) is 0 Å². The van der Waals surface area contributed by atoms with Crippen molar-refractivity contribution in [2.75, 3.05) is 46.9 Å². The van der Waals surface area contributed by atoms with Crippen LogP contribution in [0.4, 0.5) is 14.0 Å². The summed E-state index contributed by atoms with van der Waals surface area (Å²) in [6.07, 6.45) is 8.22. The second-order valence-corrected chi connectivity index (χ2v) is 10.1. The van der Waals surface area contributed by atoms with Gasteiger partial charge in [-0.05, 0) is 49.9 Å². The molecule has 1 aliphatic carbocycles. The van der Waals surface area contributed by atoms with Crippen LogP contribution in [-0.2, 0) is 9.47 Å². The molecular weight excluding hydrogens is 463 g/mol. The highest BCUT2D eigenvalue weighted by Gasteiger charge is 2.32. The van der Waals surface area contributed by atoms with Gasteiger partial charge in [-0.25, -0.2) is 14.0 Å². The van der Waals surface area contributed by atoms with Gasteiger partial charge in [-0.3, -0.25) is 0 Å². The van der Waals surface area contributed by atoms with Gasteiger partial charge >= 0.3 is 12.1 Å². The number of amides is 3. The number of ether oxygens (including phenoxy) is 2. The van der Waals surface area contributed by atoms with E-state index >= 15 is 0 Å². The second-order valence-electron chi connectivity index (χ2n) is 10.1. The van der Waals surface area contributed by atoms with Gasteiger partial charge in [-0.1, -0.05) is 44.2 Å². The summed E-state index contributed by atoms with van der Waals surface area (Å²) in [5.41, 5.74) is 0.741. The maximum Gasteiger partial charge on any atom is 0.406 e. The highest BCUT2D eigenvalue weighted by atomic mass is 19.1. The average Bonchev–Trinajstić information content (AvgIpc) is 2.89. The highest BCUT2D eigenvalue weighted by Crippen LogP contribution is 2.33. The van der Waals surface area contributed by atoms with Crippen molar-refractivity contribution in [3.8, 4) is 0 Å². The Kier molecular flexibility index (Phi) is 11.7. The summed E-state index contributed by atoms with van der Waals surface area (Å²) in [4.78, 5) is 26.5. The number of rotatable bonds is 11. The molecule has 1 aliphatic heterocycles. The zero-order valence-electron chi connectivity index (χ0n) is 21.8. The van der Waals surface area contributed by atoms with Crippen LogP contribution >= 0.6 is 0 Å². The highest BCUT2D eigenvalue weighted by molar-refractivity contribution is 5.74. The first-order valence-corrected chi connectivity index (χ1v) is 13.4. The van der Waals surface area contributed by atoms with E-state index in [2.05, 4.69) is 20.7 Å². The lowest BCUT2D eigenvalue weighted by atomic mass is 9.85. The zero-order chi connectivity index (χ0) is 25.8. The molecule has 36 heavy (non-hydrogen) atoms. The molecular formula is C27H43FN4O4. The Hall–Kier alpha value is -2.39. The molecule has 0 aromatic heterocycles. The number of hydrogen-bond donors (Lipinski definition) is 3. The van der Waals surface area contributed by atoms with E-state index in [4.69, 9.17) is 4.74 Å². The number of halogens is 1. The fourth-order valence-electron chi connectivity index (χ4n) is 5.57. The molecule has 1 aromatic rings. The van der Waals surface area contributed by atoms with Gasteiger partial charge < -0.3 is 30.3 Å². The lowest BCUT2D eigenvalue weighted by Crippen LogP contribution is -2.52. The van der Waals surface area contributed by atoms with Gasteiger partial charge in [-0.15, -0.1) is 0 Å². The smallest absolute Gasteiger partial charge is 0.406 e. The van der Waals surface area contributed by atoms with Crippen LogP contribution in [0.5, 0.6) is 0 Å². The van der Waals surface area contributed by atoms with Crippen LogP contribution in [0.25, 0.3) is 0 Å². The van der Waals surface area contributed by atoms with Crippen LogP contribution in [0, 0.1) is 17.7 Å². The van der Waals surface area contributed by atoms with E-state index in [0.717, 1.165) is 31.4 Å². The van der Waals surface area contributed by atoms with Crippen molar-refractivity contribution in [2.45, 2.75) is 63.5 Å². The number of nitrogens with zero attached hydrogens (tertiary/aromatic N) is 1. The lowest BCUT2D eigenvalue weighted by Gasteiger charge is -2.38. The summed E-state index contributed by atoms with van der Waals surface area (Å²) < 4.78 is 24.8. The molecule has 9 heteroatoms. The van der Waals surface area contributed by atoms with Crippen LogP contribution in [0.2, 0.25) is 0 Å². The quantitative estimate of drug-likeness (QED) is 0.391. The molecule has 1 saturated heterocycles. The number of piperidine rings is 1. The third kappa shape index (κ3) is 8.92. The molecule has 3 N–H and O–H groups in total. The Morgan fingerprint density at radius 3 is 2.69 bits per heavy atom. The summed E-state index contributed by atoms with van der Waals surface area (Å²) >= 11 is 0. The minimum Gasteiger partial charge on any atom is -0.453 e. The SMILES string of the molecule is CNC[C@H](CC1CCCCC1)NC(=O)N1CCC[C@@H](C(OCCNC(=O)OC)c2cccc(F)c2)C1. The van der Waals surface area contributed by atoms with Crippen molar-refractivity contribution in [3.63, 3.8) is 0 Å². The fraction of sp³-hybridized carbons (Fsp3) is 0.704. The molecule has 2 aliphatic rings. The third-order valence-corrected chi connectivity index (χ3v) is 7.33. The molecule has 1 heterocycles. The molecule has 3 amide bonds. The van der Waals surface area contributed by atoms with E-state index < -0.39 is 6.09 Å². The molecule has 2 fully saturated rings. The normalized spacial score (nSPS) is 20.4. The molecule has 0 bridgehead atoms. The van der Waals surface area contributed by atoms with Crippen LogP contribution in [-0.4, -0.2) is 70.0 Å². The van der Waals surface area contributed by atoms with Crippen LogP contribution < -0.4 is 16.0 Å². The van der Waals surface area contributed by atoms with Gasteiger partial charge in [0, 0.05) is 38.1 Å². The lowest BCUT2D eigenvalue weighted by molar-refractivity contribution is -0.00880. The van der Waals surface area contributed by atoms with E-state index in [1.165, 1.54) is 51.3 Å². The van der Waals surface area contributed by atoms with Crippen molar-refractivity contribution in [3.05, 3.63) is 35.6 Å². The van der Waals surface area contributed by atoms with E-state index in [-0.39, 0.29) is 43.1 Å². The number of likely N-dealkylation sites (tertiary alicyclic amines) is 1. The number of benzene rings is 1. The molecule has 202 valence electrons. The molecule has 1 saturated carbocycles. The Bertz CT molecular complexity index is 821. The van der Waals surface area contributed by atoms with Crippen molar-refractivity contribution < 1.29 is 23.5 Å². The Balaban J connectivity index is 1.62. The molecule has 1 aromatic carbocycles. The minimum absolute atomic E-state index is 0.0190. The van der Waals surface area contributed by atoms with Crippen LogP contribution in [0.15, 0.2) is 24.3 Å². The van der Waals surface area contributed by atoms with E-state index in [1.807, 2.05) is 18.0 Å². The van der Waals surface area contributed by atoms with E-state index in [1.54, 1.807) is 6.07 Å². The standard InChI is InChI=1S/C27H43FN4O4/c1-29-18-24(16-20-8-4-3-5-9-20)31-26(33)32-14-7-11-22(19-32)25(21-10-6-12-23(28)17-21)36-15-13-30-27(34)35-2/h6,10,12,17,20,22,24-25,29H,3-5,7-9,11,13-16,18-19H2,1-2H3,(H,30,34)(H,31,33)/t22-,24+,25?/m1/s1. The second kappa shape index (κ2) is 15.0. The first-order valence-electron chi connectivity index (χ1n) is 13.4. The number of nitrogens with one attached hydrogen (secondary N) is 3. The number of hydrogen-bond acceptors (Lipinski definition) is 5. The molecule has 0 radical (unpaired) electrons. The minimum atomic E-state index is -0.522. The number of likely N-dealkylation sites (N-methyl/N-ethyl adjacent to an activating group) is 1. The zero-order valence-corrected chi connectivity index (χ0v) is 21.8. The van der Waals surface area contributed by atoms with E-state index in [0.29, 0.717) is 19.0 Å². The summed E-state index contributed by atoms with van der Waals surface area (Å²) in [7, 11) is 3.23. The third-order valence-electron chi connectivity index (χ3n) is 7.33.